The van der Waals surface area contributed by atoms with Crippen molar-refractivity contribution in [3.8, 4) is 0 Å². The minimum atomic E-state index is -4.65. The van der Waals surface area contributed by atoms with E-state index >= 15 is 0 Å². The van der Waals surface area contributed by atoms with Crippen molar-refractivity contribution in [3.05, 3.63) is 35.1 Å². The molecule has 6 heteroatoms. The minimum absolute atomic E-state index is 0.298. The fourth-order valence-electron chi connectivity index (χ4n) is 2.31. The van der Waals surface area contributed by atoms with E-state index in [4.69, 9.17) is 0 Å². The van der Waals surface area contributed by atoms with Gasteiger partial charge in [0.1, 0.15) is 5.82 Å². The summed E-state index contributed by atoms with van der Waals surface area (Å²) >= 11 is 0. The molecule has 2 nitrogen and oxygen atoms in total. The Labute approximate surface area is 122 Å². The second kappa shape index (κ2) is 6.32. The van der Waals surface area contributed by atoms with Gasteiger partial charge in [-0.15, -0.1) is 0 Å². The Morgan fingerprint density at radius 2 is 2.00 bits per heavy atom. The number of alkyl halides is 3. The lowest BCUT2D eigenvalue weighted by molar-refractivity contribution is -0.140. The van der Waals surface area contributed by atoms with Gasteiger partial charge in [-0.3, -0.25) is 4.90 Å². The van der Waals surface area contributed by atoms with Crippen molar-refractivity contribution < 1.29 is 17.6 Å². The predicted molar refractivity (Wildman–Crippen MR) is 73.4 cm³/mol. The minimum Gasteiger partial charge on any atom is -0.311 e. The molecule has 118 valence electrons. The SMILES string of the molecule is CC(CNCc1ccc(F)c(C(F)(F)F)c1)N(C)C1CC1. The third kappa shape index (κ3) is 4.41. The van der Waals surface area contributed by atoms with Crippen molar-refractivity contribution in [2.75, 3.05) is 13.6 Å². The lowest BCUT2D eigenvalue weighted by atomic mass is 10.1. The lowest BCUT2D eigenvalue weighted by Gasteiger charge is -2.24. The Hall–Kier alpha value is -1.14. The fraction of sp³-hybridized carbons (Fsp3) is 0.600. The fourth-order valence-corrected chi connectivity index (χ4v) is 2.31. The Bertz CT molecular complexity index is 483. The summed E-state index contributed by atoms with van der Waals surface area (Å²) in [6, 6.07) is 4.09. The molecule has 1 atom stereocenters. The van der Waals surface area contributed by atoms with Gasteiger partial charge in [0.15, 0.2) is 0 Å². The smallest absolute Gasteiger partial charge is 0.311 e. The number of halogens is 4. The molecule has 1 unspecified atom stereocenters. The molecular weight excluding hydrogens is 284 g/mol. The Morgan fingerprint density at radius 3 is 2.57 bits per heavy atom. The molecule has 1 saturated carbocycles. The molecule has 1 aliphatic rings. The van der Waals surface area contributed by atoms with Crippen molar-refractivity contribution in [1.82, 2.24) is 10.2 Å². The summed E-state index contributed by atoms with van der Waals surface area (Å²) < 4.78 is 51.0. The third-order valence-corrected chi connectivity index (χ3v) is 3.92. The maximum absolute atomic E-state index is 13.2. The molecule has 0 heterocycles. The van der Waals surface area contributed by atoms with Gasteiger partial charge in [0.2, 0.25) is 0 Å². The molecule has 0 aliphatic heterocycles. The zero-order chi connectivity index (χ0) is 15.6. The summed E-state index contributed by atoms with van der Waals surface area (Å²) in [4.78, 5) is 2.28. The largest absolute Gasteiger partial charge is 0.419 e. The van der Waals surface area contributed by atoms with Gasteiger partial charge in [0.25, 0.3) is 0 Å². The van der Waals surface area contributed by atoms with Gasteiger partial charge in [0, 0.05) is 25.2 Å². The van der Waals surface area contributed by atoms with E-state index in [1.54, 1.807) is 0 Å². The van der Waals surface area contributed by atoms with Crippen LogP contribution < -0.4 is 5.32 Å². The van der Waals surface area contributed by atoms with Crippen LogP contribution >= 0.6 is 0 Å². The number of nitrogens with one attached hydrogen (secondary N) is 1. The summed E-state index contributed by atoms with van der Waals surface area (Å²) in [7, 11) is 2.06. The van der Waals surface area contributed by atoms with Gasteiger partial charge >= 0.3 is 6.18 Å². The van der Waals surface area contributed by atoms with Crippen LogP contribution in [0.25, 0.3) is 0 Å². The highest BCUT2D eigenvalue weighted by Crippen LogP contribution is 2.32. The molecule has 0 spiro atoms. The first-order chi connectivity index (χ1) is 9.79. The van der Waals surface area contributed by atoms with Crippen molar-refractivity contribution in [3.63, 3.8) is 0 Å². The summed E-state index contributed by atoms with van der Waals surface area (Å²) in [6.45, 7) is 3.06. The molecule has 1 aromatic carbocycles. The summed E-state index contributed by atoms with van der Waals surface area (Å²) in [5.41, 5.74) is -0.769. The van der Waals surface area contributed by atoms with Crippen molar-refractivity contribution in [2.45, 2.75) is 44.6 Å². The molecule has 0 amide bonds. The van der Waals surface area contributed by atoms with E-state index in [1.807, 2.05) is 0 Å². The molecule has 0 radical (unpaired) electrons. The first kappa shape index (κ1) is 16.2. The van der Waals surface area contributed by atoms with Gasteiger partial charge in [-0.2, -0.15) is 13.2 Å². The van der Waals surface area contributed by atoms with E-state index in [-0.39, 0.29) is 0 Å². The van der Waals surface area contributed by atoms with Crippen LogP contribution in [0, 0.1) is 5.82 Å². The summed E-state index contributed by atoms with van der Waals surface area (Å²) in [5, 5.41) is 3.13. The monoisotopic (exact) mass is 304 g/mol. The standard InChI is InChI=1S/C15H20F4N2/c1-10(21(2)12-4-5-12)8-20-9-11-3-6-14(16)13(7-11)15(17,18)19/h3,6-7,10,12,20H,4-5,8-9H2,1-2H3. The van der Waals surface area contributed by atoms with Gasteiger partial charge in [-0.25, -0.2) is 4.39 Å². The second-order valence-corrected chi connectivity index (χ2v) is 5.69. The lowest BCUT2D eigenvalue weighted by Crippen LogP contribution is -2.38. The van der Waals surface area contributed by atoms with E-state index in [0.29, 0.717) is 30.7 Å². The quantitative estimate of drug-likeness (QED) is 0.810. The number of hydrogen-bond acceptors (Lipinski definition) is 2. The van der Waals surface area contributed by atoms with E-state index in [2.05, 4.69) is 24.2 Å². The number of hydrogen-bond donors (Lipinski definition) is 1. The highest BCUT2D eigenvalue weighted by molar-refractivity contribution is 5.27. The Morgan fingerprint density at radius 1 is 1.33 bits per heavy atom. The summed E-state index contributed by atoms with van der Waals surface area (Å²) in [6.07, 6.45) is -2.22. The maximum Gasteiger partial charge on any atom is 0.419 e. The normalized spacial score (nSPS) is 17.3. The van der Waals surface area contributed by atoms with E-state index in [0.717, 1.165) is 12.1 Å². The molecule has 1 N–H and O–H groups in total. The number of rotatable bonds is 6. The molecule has 0 saturated heterocycles. The van der Waals surface area contributed by atoms with Crippen LogP contribution in [0.1, 0.15) is 30.9 Å². The highest BCUT2D eigenvalue weighted by Gasteiger charge is 2.34. The third-order valence-electron chi connectivity index (χ3n) is 3.92. The zero-order valence-electron chi connectivity index (χ0n) is 12.2. The number of likely N-dealkylation sites (N-methyl/N-ethyl adjacent to an activating group) is 1. The second-order valence-electron chi connectivity index (χ2n) is 5.69. The van der Waals surface area contributed by atoms with Crippen LogP contribution in [0.2, 0.25) is 0 Å². The zero-order valence-corrected chi connectivity index (χ0v) is 12.2. The van der Waals surface area contributed by atoms with Crippen molar-refractivity contribution in [1.29, 1.82) is 0 Å². The molecular formula is C15H20F4N2. The van der Waals surface area contributed by atoms with Crippen LogP contribution in [0.15, 0.2) is 18.2 Å². The number of nitrogens with zero attached hydrogens (tertiary/aromatic N) is 1. The number of benzene rings is 1. The van der Waals surface area contributed by atoms with E-state index in [9.17, 15) is 17.6 Å². The average Bonchev–Trinajstić information content (AvgIpc) is 3.22. The van der Waals surface area contributed by atoms with Gasteiger partial charge in [0.05, 0.1) is 5.56 Å². The molecule has 2 rings (SSSR count). The molecule has 1 aromatic rings. The molecule has 21 heavy (non-hydrogen) atoms. The summed E-state index contributed by atoms with van der Waals surface area (Å²) in [5.74, 6) is -1.23. The van der Waals surface area contributed by atoms with Gasteiger partial charge < -0.3 is 5.32 Å². The van der Waals surface area contributed by atoms with Crippen LogP contribution in [-0.4, -0.2) is 30.6 Å². The first-order valence-corrected chi connectivity index (χ1v) is 7.07. The van der Waals surface area contributed by atoms with Crippen LogP contribution in [0.4, 0.5) is 17.6 Å². The Balaban J connectivity index is 1.88. The Kier molecular flexibility index (Phi) is 4.88. The van der Waals surface area contributed by atoms with Gasteiger partial charge in [-0.05, 0) is 44.5 Å². The maximum atomic E-state index is 13.2. The van der Waals surface area contributed by atoms with Crippen LogP contribution in [0.3, 0.4) is 0 Å². The van der Waals surface area contributed by atoms with Crippen molar-refractivity contribution in [2.24, 2.45) is 0 Å². The van der Waals surface area contributed by atoms with Crippen molar-refractivity contribution >= 4 is 0 Å². The highest BCUT2D eigenvalue weighted by atomic mass is 19.4. The van der Waals surface area contributed by atoms with E-state index < -0.39 is 17.6 Å². The molecule has 0 aromatic heterocycles. The van der Waals surface area contributed by atoms with Gasteiger partial charge in [-0.1, -0.05) is 6.07 Å². The molecule has 1 fully saturated rings. The average molecular weight is 304 g/mol. The topological polar surface area (TPSA) is 15.3 Å². The molecule has 1 aliphatic carbocycles. The first-order valence-electron chi connectivity index (χ1n) is 7.07. The van der Waals surface area contributed by atoms with E-state index in [1.165, 1.54) is 18.9 Å². The predicted octanol–water partition coefficient (Wildman–Crippen LogP) is 3.42. The van der Waals surface area contributed by atoms with Crippen LogP contribution in [-0.2, 0) is 12.7 Å². The molecule has 0 bridgehead atoms. The van der Waals surface area contributed by atoms with Crippen LogP contribution in [0.5, 0.6) is 0 Å².